The van der Waals surface area contributed by atoms with E-state index in [9.17, 15) is 10.1 Å². The van der Waals surface area contributed by atoms with E-state index in [1.165, 1.54) is 16.5 Å². The van der Waals surface area contributed by atoms with Crippen LogP contribution in [0.2, 0.25) is 0 Å². The zero-order chi connectivity index (χ0) is 23.5. The van der Waals surface area contributed by atoms with Crippen molar-refractivity contribution < 1.29 is 4.79 Å². The second-order valence-electron chi connectivity index (χ2n) is 8.11. The van der Waals surface area contributed by atoms with Crippen LogP contribution in [0.15, 0.2) is 66.4 Å². The highest BCUT2D eigenvalue weighted by atomic mass is 32.1. The Hall–Kier alpha value is -3.95. The number of benzene rings is 3. The molecule has 0 fully saturated rings. The molecule has 164 valence electrons. The standard InChI is InChI=1S/C27H24N4OS/c1-16-5-10-23-24(13-16)33-27(30-23)20-6-8-22(9-7-20)29-15-21(14-28)26(32)31-25-18(3)11-17(2)12-19(25)4/h5-13,15,29H,1-4H3,(H,31,32)/b21-15-. The van der Waals surface area contributed by atoms with E-state index in [0.29, 0.717) is 0 Å². The van der Waals surface area contributed by atoms with Crippen molar-refractivity contribution in [1.82, 2.24) is 4.98 Å². The summed E-state index contributed by atoms with van der Waals surface area (Å²) >= 11 is 1.66. The maximum absolute atomic E-state index is 12.7. The van der Waals surface area contributed by atoms with E-state index in [0.717, 1.165) is 44.2 Å². The first-order valence-corrected chi connectivity index (χ1v) is 11.4. The maximum atomic E-state index is 12.7. The normalized spacial score (nSPS) is 11.3. The number of aromatic nitrogens is 1. The van der Waals surface area contributed by atoms with E-state index in [1.54, 1.807) is 11.3 Å². The van der Waals surface area contributed by atoms with Crippen molar-refractivity contribution in [2.45, 2.75) is 27.7 Å². The molecule has 0 spiro atoms. The Morgan fingerprint density at radius 2 is 1.67 bits per heavy atom. The smallest absolute Gasteiger partial charge is 0.267 e. The lowest BCUT2D eigenvalue weighted by Crippen LogP contribution is -2.16. The first-order valence-electron chi connectivity index (χ1n) is 10.6. The van der Waals surface area contributed by atoms with Gasteiger partial charge in [-0.3, -0.25) is 4.79 Å². The Labute approximate surface area is 197 Å². The number of carbonyl (C=O) groups excluding carboxylic acids is 1. The maximum Gasteiger partial charge on any atom is 0.267 e. The van der Waals surface area contributed by atoms with Crippen molar-refractivity contribution in [3.63, 3.8) is 0 Å². The molecular weight excluding hydrogens is 428 g/mol. The van der Waals surface area contributed by atoms with E-state index in [2.05, 4.69) is 29.7 Å². The van der Waals surface area contributed by atoms with E-state index in [-0.39, 0.29) is 5.57 Å². The van der Waals surface area contributed by atoms with Crippen molar-refractivity contribution in [3.05, 3.63) is 88.6 Å². The van der Waals surface area contributed by atoms with Gasteiger partial charge in [0.25, 0.3) is 5.91 Å². The molecule has 33 heavy (non-hydrogen) atoms. The third kappa shape index (κ3) is 4.94. The number of nitriles is 1. The number of thiazole rings is 1. The summed E-state index contributed by atoms with van der Waals surface area (Å²) in [5.41, 5.74) is 7.81. The van der Waals surface area contributed by atoms with Crippen LogP contribution >= 0.6 is 11.3 Å². The molecule has 1 amide bonds. The summed E-state index contributed by atoms with van der Waals surface area (Å²) in [6, 6.07) is 20.0. The van der Waals surface area contributed by atoms with Gasteiger partial charge in [0.2, 0.25) is 0 Å². The first-order chi connectivity index (χ1) is 15.8. The van der Waals surface area contributed by atoms with Gasteiger partial charge in [0.15, 0.2) is 0 Å². The molecule has 0 bridgehead atoms. The Morgan fingerprint density at radius 3 is 2.33 bits per heavy atom. The molecule has 0 saturated carbocycles. The van der Waals surface area contributed by atoms with Crippen LogP contribution in [0.25, 0.3) is 20.8 Å². The van der Waals surface area contributed by atoms with Crippen LogP contribution in [0.1, 0.15) is 22.3 Å². The number of nitrogens with zero attached hydrogens (tertiary/aromatic N) is 2. The molecule has 1 aromatic heterocycles. The molecular formula is C27H24N4OS. The first kappa shape index (κ1) is 22.3. The van der Waals surface area contributed by atoms with Gasteiger partial charge in [0.05, 0.1) is 10.2 Å². The molecule has 2 N–H and O–H groups in total. The van der Waals surface area contributed by atoms with Crippen molar-refractivity contribution >= 4 is 38.8 Å². The molecule has 6 heteroatoms. The SMILES string of the molecule is Cc1cc(C)c(NC(=O)/C(C#N)=C\Nc2ccc(-c3nc4ccc(C)cc4s3)cc2)c(C)c1. The fourth-order valence-electron chi connectivity index (χ4n) is 3.73. The summed E-state index contributed by atoms with van der Waals surface area (Å²) in [5.74, 6) is -0.443. The number of hydrogen-bond donors (Lipinski definition) is 2. The zero-order valence-electron chi connectivity index (χ0n) is 19.0. The van der Waals surface area contributed by atoms with Crippen LogP contribution in [0.5, 0.6) is 0 Å². The van der Waals surface area contributed by atoms with Gasteiger partial charge in [0, 0.05) is 23.1 Å². The lowest BCUT2D eigenvalue weighted by molar-refractivity contribution is -0.112. The predicted octanol–water partition coefficient (Wildman–Crippen LogP) is 6.66. The molecule has 4 aromatic rings. The number of carbonyl (C=O) groups is 1. The van der Waals surface area contributed by atoms with Crippen LogP contribution in [0.4, 0.5) is 11.4 Å². The van der Waals surface area contributed by atoms with Gasteiger partial charge in [-0.2, -0.15) is 5.26 Å². The second-order valence-corrected chi connectivity index (χ2v) is 9.14. The summed E-state index contributed by atoms with van der Waals surface area (Å²) < 4.78 is 1.17. The number of anilines is 2. The second kappa shape index (κ2) is 9.27. The van der Waals surface area contributed by atoms with Gasteiger partial charge in [0.1, 0.15) is 16.6 Å². The topological polar surface area (TPSA) is 77.8 Å². The quantitative estimate of drug-likeness (QED) is 0.262. The predicted molar refractivity (Wildman–Crippen MR) is 136 cm³/mol. The zero-order valence-corrected chi connectivity index (χ0v) is 19.8. The highest BCUT2D eigenvalue weighted by Gasteiger charge is 2.13. The summed E-state index contributed by atoms with van der Waals surface area (Å²) in [7, 11) is 0. The molecule has 0 radical (unpaired) electrons. The number of aryl methyl sites for hydroxylation is 4. The summed E-state index contributed by atoms with van der Waals surface area (Å²) in [6.45, 7) is 7.97. The third-order valence-electron chi connectivity index (χ3n) is 5.34. The molecule has 0 aliphatic heterocycles. The number of amides is 1. The van der Waals surface area contributed by atoms with Crippen molar-refractivity contribution in [2.24, 2.45) is 0 Å². The van der Waals surface area contributed by atoms with Crippen molar-refractivity contribution in [1.29, 1.82) is 5.26 Å². The average molecular weight is 453 g/mol. The van der Waals surface area contributed by atoms with Crippen molar-refractivity contribution in [3.8, 4) is 16.6 Å². The fraction of sp³-hybridized carbons (Fsp3) is 0.148. The summed E-state index contributed by atoms with van der Waals surface area (Å²) in [5, 5.41) is 16.4. The largest absolute Gasteiger partial charge is 0.360 e. The van der Waals surface area contributed by atoms with Crippen LogP contribution in [-0.2, 0) is 4.79 Å². The van der Waals surface area contributed by atoms with Gasteiger partial charge < -0.3 is 10.6 Å². The fourth-order valence-corrected chi connectivity index (χ4v) is 4.80. The van der Waals surface area contributed by atoms with Crippen LogP contribution < -0.4 is 10.6 Å². The molecule has 0 unspecified atom stereocenters. The number of rotatable bonds is 5. The Morgan fingerprint density at radius 1 is 0.970 bits per heavy atom. The van der Waals surface area contributed by atoms with E-state index in [4.69, 9.17) is 4.98 Å². The highest BCUT2D eigenvalue weighted by Crippen LogP contribution is 2.31. The monoisotopic (exact) mass is 452 g/mol. The lowest BCUT2D eigenvalue weighted by atomic mass is 10.0. The lowest BCUT2D eigenvalue weighted by Gasteiger charge is -2.12. The van der Waals surface area contributed by atoms with Gasteiger partial charge >= 0.3 is 0 Å². The summed E-state index contributed by atoms with van der Waals surface area (Å²) in [4.78, 5) is 17.4. The molecule has 0 aliphatic carbocycles. The van der Waals surface area contributed by atoms with Gasteiger partial charge in [-0.25, -0.2) is 4.98 Å². The molecule has 4 rings (SSSR count). The minimum atomic E-state index is -0.443. The van der Waals surface area contributed by atoms with E-state index < -0.39 is 5.91 Å². The van der Waals surface area contributed by atoms with Gasteiger partial charge in [-0.15, -0.1) is 11.3 Å². The molecule has 3 aromatic carbocycles. The molecule has 1 heterocycles. The average Bonchev–Trinajstić information content (AvgIpc) is 3.20. The summed E-state index contributed by atoms with van der Waals surface area (Å²) in [6.07, 6.45) is 1.43. The third-order valence-corrected chi connectivity index (χ3v) is 6.41. The minimum absolute atomic E-state index is 0.00000518. The van der Waals surface area contributed by atoms with Crippen LogP contribution in [-0.4, -0.2) is 10.9 Å². The highest BCUT2D eigenvalue weighted by molar-refractivity contribution is 7.21. The molecule has 0 aliphatic rings. The van der Waals surface area contributed by atoms with E-state index >= 15 is 0 Å². The van der Waals surface area contributed by atoms with Gasteiger partial charge in [-0.1, -0.05) is 23.8 Å². The Kier molecular flexibility index (Phi) is 6.25. The van der Waals surface area contributed by atoms with Crippen molar-refractivity contribution in [2.75, 3.05) is 10.6 Å². The van der Waals surface area contributed by atoms with Gasteiger partial charge in [-0.05, 0) is 80.8 Å². The number of hydrogen-bond acceptors (Lipinski definition) is 5. The molecule has 5 nitrogen and oxygen atoms in total. The molecule has 0 atom stereocenters. The van der Waals surface area contributed by atoms with E-state index in [1.807, 2.05) is 69.3 Å². The Bertz CT molecular complexity index is 1400. The number of fused-ring (bicyclic) bond motifs is 1. The molecule has 0 saturated heterocycles. The Balaban J connectivity index is 1.48. The van der Waals surface area contributed by atoms with Crippen LogP contribution in [0.3, 0.4) is 0 Å². The van der Waals surface area contributed by atoms with Crippen LogP contribution in [0, 0.1) is 39.0 Å². The minimum Gasteiger partial charge on any atom is -0.360 e. The number of nitrogens with one attached hydrogen (secondary N) is 2.